The van der Waals surface area contributed by atoms with Gasteiger partial charge in [0.05, 0.1) is 7.11 Å². The molecule has 0 saturated carbocycles. The molecule has 158 valence electrons. The second-order valence-electron chi connectivity index (χ2n) is 6.33. The smallest absolute Gasteiger partial charge is 0.496 e. The van der Waals surface area contributed by atoms with Crippen LogP contribution in [0.15, 0.2) is 29.3 Å². The zero-order valence-corrected chi connectivity index (χ0v) is 16.6. The third kappa shape index (κ3) is 5.51. The Morgan fingerprint density at radius 2 is 1.93 bits per heavy atom. The van der Waals surface area contributed by atoms with Crippen molar-refractivity contribution in [1.29, 1.82) is 0 Å². The summed E-state index contributed by atoms with van der Waals surface area (Å²) in [6.07, 6.45) is 1.23. The van der Waals surface area contributed by atoms with Gasteiger partial charge in [0, 0.05) is 32.7 Å². The van der Waals surface area contributed by atoms with Gasteiger partial charge in [0.15, 0.2) is 5.96 Å². The van der Waals surface area contributed by atoms with E-state index < -0.39 is 15.5 Å². The standard InChI is InChI=1S/C17H25F3N4O3S/c1-21-16(22-10-7-13-5-3-4-6-15(13)27-2)23-14-8-11-24(12-9-14)28(25,26)17(18,19)20/h3-6,14H,7-12H2,1-2H3,(H2,21,22,23). The molecule has 1 aromatic carbocycles. The number of ether oxygens (including phenoxy) is 1. The van der Waals surface area contributed by atoms with Crippen LogP contribution in [0.4, 0.5) is 13.2 Å². The fourth-order valence-corrected chi connectivity index (χ4v) is 3.98. The number of hydrogen-bond acceptors (Lipinski definition) is 4. The SMILES string of the molecule is CN=C(NCCc1ccccc1OC)NC1CCN(S(=O)(=O)C(F)(F)F)CC1. The number of aliphatic imine (C=N–C) groups is 1. The predicted molar refractivity (Wildman–Crippen MR) is 101 cm³/mol. The molecular formula is C17H25F3N4O3S. The number of methoxy groups -OCH3 is 1. The molecule has 0 amide bonds. The van der Waals surface area contributed by atoms with E-state index in [0.29, 0.717) is 23.2 Å². The monoisotopic (exact) mass is 422 g/mol. The summed E-state index contributed by atoms with van der Waals surface area (Å²) in [6, 6.07) is 7.51. The van der Waals surface area contributed by atoms with Crippen LogP contribution < -0.4 is 15.4 Å². The molecule has 1 fully saturated rings. The molecule has 0 unspecified atom stereocenters. The summed E-state index contributed by atoms with van der Waals surface area (Å²) in [5, 5.41) is 6.29. The minimum Gasteiger partial charge on any atom is -0.496 e. The van der Waals surface area contributed by atoms with E-state index >= 15 is 0 Å². The van der Waals surface area contributed by atoms with Gasteiger partial charge in [-0.25, -0.2) is 8.42 Å². The van der Waals surface area contributed by atoms with Gasteiger partial charge in [-0.2, -0.15) is 17.5 Å². The fraction of sp³-hybridized carbons (Fsp3) is 0.588. The lowest BCUT2D eigenvalue weighted by Crippen LogP contribution is -2.51. The minimum atomic E-state index is -5.26. The van der Waals surface area contributed by atoms with Gasteiger partial charge in [-0.05, 0) is 30.9 Å². The van der Waals surface area contributed by atoms with Crippen LogP contribution in [0.25, 0.3) is 0 Å². The molecule has 2 rings (SSSR count). The number of halogens is 3. The topological polar surface area (TPSA) is 83.0 Å². The molecule has 0 radical (unpaired) electrons. The Balaban J connectivity index is 1.81. The first kappa shape index (κ1) is 22.3. The van der Waals surface area contributed by atoms with Crippen LogP contribution in [0.5, 0.6) is 5.75 Å². The van der Waals surface area contributed by atoms with Crippen LogP contribution in [0.3, 0.4) is 0 Å². The zero-order valence-electron chi connectivity index (χ0n) is 15.8. The van der Waals surface area contributed by atoms with Gasteiger partial charge in [-0.3, -0.25) is 4.99 Å². The third-order valence-corrected chi connectivity index (χ3v) is 6.16. The highest BCUT2D eigenvalue weighted by atomic mass is 32.2. The first-order chi connectivity index (χ1) is 13.2. The van der Waals surface area contributed by atoms with Crippen molar-refractivity contribution in [2.24, 2.45) is 4.99 Å². The number of sulfonamides is 1. The molecule has 0 atom stereocenters. The predicted octanol–water partition coefficient (Wildman–Crippen LogP) is 1.72. The summed E-state index contributed by atoms with van der Waals surface area (Å²) in [7, 11) is -2.05. The molecule has 0 aromatic heterocycles. The summed E-state index contributed by atoms with van der Waals surface area (Å²) >= 11 is 0. The van der Waals surface area contributed by atoms with Crippen molar-refractivity contribution >= 4 is 16.0 Å². The van der Waals surface area contributed by atoms with Crippen molar-refractivity contribution in [3.05, 3.63) is 29.8 Å². The second-order valence-corrected chi connectivity index (χ2v) is 8.26. The van der Waals surface area contributed by atoms with Gasteiger partial charge in [-0.15, -0.1) is 0 Å². The van der Waals surface area contributed by atoms with E-state index in [0.717, 1.165) is 11.3 Å². The molecule has 2 N–H and O–H groups in total. The summed E-state index contributed by atoms with van der Waals surface area (Å²) in [6.45, 7) is 0.219. The molecule has 1 heterocycles. The lowest BCUT2D eigenvalue weighted by Gasteiger charge is -2.32. The largest absolute Gasteiger partial charge is 0.511 e. The summed E-state index contributed by atoms with van der Waals surface area (Å²) in [4.78, 5) is 4.11. The molecule has 11 heteroatoms. The first-order valence-electron chi connectivity index (χ1n) is 8.84. The van der Waals surface area contributed by atoms with Crippen LogP contribution in [0, 0.1) is 0 Å². The van der Waals surface area contributed by atoms with Gasteiger partial charge < -0.3 is 15.4 Å². The van der Waals surface area contributed by atoms with E-state index in [4.69, 9.17) is 4.74 Å². The van der Waals surface area contributed by atoms with Crippen molar-refractivity contribution in [3.8, 4) is 5.75 Å². The number of benzene rings is 1. The number of guanidine groups is 1. The number of alkyl halides is 3. The second kappa shape index (κ2) is 9.46. The molecule has 1 aliphatic rings. The maximum Gasteiger partial charge on any atom is 0.511 e. The molecule has 0 bridgehead atoms. The Hall–Kier alpha value is -2.01. The average Bonchev–Trinajstić information content (AvgIpc) is 2.67. The van der Waals surface area contributed by atoms with Crippen LogP contribution in [-0.2, 0) is 16.4 Å². The van der Waals surface area contributed by atoms with E-state index in [9.17, 15) is 21.6 Å². The van der Waals surface area contributed by atoms with Crippen molar-refractivity contribution in [2.45, 2.75) is 30.8 Å². The minimum absolute atomic E-state index is 0.155. The first-order valence-corrected chi connectivity index (χ1v) is 10.3. The normalized spacial score (nSPS) is 17.4. The summed E-state index contributed by atoms with van der Waals surface area (Å²) in [5.74, 6) is 1.32. The van der Waals surface area contributed by atoms with Crippen molar-refractivity contribution in [1.82, 2.24) is 14.9 Å². The van der Waals surface area contributed by atoms with Gasteiger partial charge >= 0.3 is 15.5 Å². The lowest BCUT2D eigenvalue weighted by molar-refractivity contribution is -0.0494. The van der Waals surface area contributed by atoms with E-state index in [1.54, 1.807) is 14.2 Å². The molecule has 1 saturated heterocycles. The highest BCUT2D eigenvalue weighted by Crippen LogP contribution is 2.28. The number of para-hydroxylation sites is 1. The number of nitrogens with zero attached hydrogens (tertiary/aromatic N) is 2. The molecule has 0 spiro atoms. The maximum atomic E-state index is 12.6. The fourth-order valence-electron chi connectivity index (χ4n) is 3.00. The Kier molecular flexibility index (Phi) is 7.53. The van der Waals surface area contributed by atoms with E-state index in [-0.39, 0.29) is 32.0 Å². The van der Waals surface area contributed by atoms with Gasteiger partial charge in [0.2, 0.25) is 0 Å². The third-order valence-electron chi connectivity index (χ3n) is 4.53. The van der Waals surface area contributed by atoms with Crippen molar-refractivity contribution < 1.29 is 26.3 Å². The Morgan fingerprint density at radius 3 is 2.50 bits per heavy atom. The van der Waals surface area contributed by atoms with Crippen LogP contribution in [0.1, 0.15) is 18.4 Å². The molecular weight excluding hydrogens is 397 g/mol. The number of rotatable bonds is 6. The molecule has 1 aliphatic heterocycles. The van der Waals surface area contributed by atoms with Gasteiger partial charge in [0.25, 0.3) is 0 Å². The van der Waals surface area contributed by atoms with Crippen molar-refractivity contribution in [2.75, 3.05) is 33.8 Å². The number of hydrogen-bond donors (Lipinski definition) is 2. The van der Waals surface area contributed by atoms with Crippen LogP contribution >= 0.6 is 0 Å². The van der Waals surface area contributed by atoms with E-state index in [1.165, 1.54) is 0 Å². The molecule has 7 nitrogen and oxygen atoms in total. The molecule has 28 heavy (non-hydrogen) atoms. The highest BCUT2D eigenvalue weighted by Gasteiger charge is 2.50. The number of nitrogens with one attached hydrogen (secondary N) is 2. The maximum absolute atomic E-state index is 12.6. The summed E-state index contributed by atoms with van der Waals surface area (Å²) in [5.41, 5.74) is -4.22. The van der Waals surface area contributed by atoms with Crippen LogP contribution in [0.2, 0.25) is 0 Å². The van der Waals surface area contributed by atoms with E-state index in [1.807, 2.05) is 24.3 Å². The lowest BCUT2D eigenvalue weighted by atomic mass is 10.1. The van der Waals surface area contributed by atoms with Crippen molar-refractivity contribution in [3.63, 3.8) is 0 Å². The summed E-state index contributed by atoms with van der Waals surface area (Å²) < 4.78 is 66.6. The molecule has 1 aromatic rings. The zero-order chi connectivity index (χ0) is 20.8. The Morgan fingerprint density at radius 1 is 1.29 bits per heavy atom. The Labute approximate surface area is 163 Å². The number of piperidine rings is 1. The van der Waals surface area contributed by atoms with Gasteiger partial charge in [0.1, 0.15) is 5.75 Å². The highest BCUT2D eigenvalue weighted by molar-refractivity contribution is 7.90. The van der Waals surface area contributed by atoms with Gasteiger partial charge in [-0.1, -0.05) is 18.2 Å². The van der Waals surface area contributed by atoms with E-state index in [2.05, 4.69) is 15.6 Å². The average molecular weight is 422 g/mol. The molecule has 0 aliphatic carbocycles. The quantitative estimate of drug-likeness (QED) is 0.539. The van der Waals surface area contributed by atoms with Crippen LogP contribution in [-0.4, -0.2) is 64.0 Å². The Bertz CT molecular complexity index is 776.